The van der Waals surface area contributed by atoms with E-state index in [1.54, 1.807) is 18.2 Å². The Bertz CT molecular complexity index is 571. The van der Waals surface area contributed by atoms with Gasteiger partial charge in [0, 0.05) is 12.2 Å². The van der Waals surface area contributed by atoms with Crippen LogP contribution >= 0.6 is 0 Å². The molecule has 0 aliphatic heterocycles. The van der Waals surface area contributed by atoms with Crippen molar-refractivity contribution in [3.63, 3.8) is 0 Å². The molecule has 1 aromatic heterocycles. The van der Waals surface area contributed by atoms with Gasteiger partial charge in [0.2, 0.25) is 0 Å². The first-order valence-electron chi connectivity index (χ1n) is 5.83. The Morgan fingerprint density at radius 1 is 1.26 bits per heavy atom. The molecule has 0 aliphatic carbocycles. The summed E-state index contributed by atoms with van der Waals surface area (Å²) in [6, 6.07) is 8.88. The van der Waals surface area contributed by atoms with Crippen LogP contribution < -0.4 is 10.6 Å². The van der Waals surface area contributed by atoms with Gasteiger partial charge in [-0.3, -0.25) is 4.79 Å². The van der Waals surface area contributed by atoms with E-state index >= 15 is 0 Å². The van der Waals surface area contributed by atoms with Gasteiger partial charge in [0.15, 0.2) is 5.69 Å². The average Bonchev–Trinajstić information content (AvgIpc) is 2.40. The Balaban J connectivity index is 2.07. The predicted molar refractivity (Wildman–Crippen MR) is 70.5 cm³/mol. The SMILES string of the molecule is CCNc1ccc(C(=O)Nc2cccc(F)c2)nn1. The van der Waals surface area contributed by atoms with Crippen LogP contribution in [0.3, 0.4) is 0 Å². The van der Waals surface area contributed by atoms with Gasteiger partial charge in [-0.1, -0.05) is 6.07 Å². The van der Waals surface area contributed by atoms with Gasteiger partial charge in [-0.25, -0.2) is 4.39 Å². The quantitative estimate of drug-likeness (QED) is 0.885. The number of benzene rings is 1. The fourth-order valence-corrected chi connectivity index (χ4v) is 1.49. The molecule has 5 nitrogen and oxygen atoms in total. The first-order chi connectivity index (χ1) is 9.19. The zero-order valence-corrected chi connectivity index (χ0v) is 10.4. The number of hydrogen-bond acceptors (Lipinski definition) is 4. The lowest BCUT2D eigenvalue weighted by atomic mass is 10.3. The molecule has 0 radical (unpaired) electrons. The van der Waals surface area contributed by atoms with Crippen molar-refractivity contribution >= 4 is 17.4 Å². The third kappa shape index (κ3) is 3.48. The molecule has 1 aromatic carbocycles. The molecule has 1 amide bonds. The standard InChI is InChI=1S/C13H13FN4O/c1-2-15-12-7-6-11(17-18-12)13(19)16-10-5-3-4-9(14)8-10/h3-8H,2H2,1H3,(H,15,18)(H,16,19). The molecule has 19 heavy (non-hydrogen) atoms. The lowest BCUT2D eigenvalue weighted by Crippen LogP contribution is -2.15. The van der Waals surface area contributed by atoms with Crippen molar-refractivity contribution in [2.24, 2.45) is 0 Å². The topological polar surface area (TPSA) is 66.9 Å². The fourth-order valence-electron chi connectivity index (χ4n) is 1.49. The summed E-state index contributed by atoms with van der Waals surface area (Å²) in [6.07, 6.45) is 0. The first-order valence-corrected chi connectivity index (χ1v) is 5.83. The van der Waals surface area contributed by atoms with E-state index < -0.39 is 11.7 Å². The fraction of sp³-hybridized carbons (Fsp3) is 0.154. The van der Waals surface area contributed by atoms with Crippen molar-refractivity contribution in [3.05, 3.63) is 47.9 Å². The predicted octanol–water partition coefficient (Wildman–Crippen LogP) is 2.30. The van der Waals surface area contributed by atoms with Crippen LogP contribution in [0, 0.1) is 5.82 Å². The van der Waals surface area contributed by atoms with E-state index in [9.17, 15) is 9.18 Å². The summed E-state index contributed by atoms with van der Waals surface area (Å²) in [6.45, 7) is 2.66. The normalized spacial score (nSPS) is 10.0. The smallest absolute Gasteiger partial charge is 0.276 e. The second kappa shape index (κ2) is 5.90. The Morgan fingerprint density at radius 2 is 2.11 bits per heavy atom. The molecule has 2 N–H and O–H groups in total. The highest BCUT2D eigenvalue weighted by Crippen LogP contribution is 2.10. The minimum Gasteiger partial charge on any atom is -0.369 e. The summed E-state index contributed by atoms with van der Waals surface area (Å²) in [4.78, 5) is 11.8. The number of aromatic nitrogens is 2. The van der Waals surface area contributed by atoms with Gasteiger partial charge in [-0.05, 0) is 37.3 Å². The number of halogens is 1. The molecule has 0 fully saturated rings. The zero-order chi connectivity index (χ0) is 13.7. The molecule has 0 atom stereocenters. The Hall–Kier alpha value is -2.50. The maximum absolute atomic E-state index is 13.0. The molecule has 2 aromatic rings. The van der Waals surface area contributed by atoms with Gasteiger partial charge in [0.05, 0.1) is 0 Å². The summed E-state index contributed by atoms with van der Waals surface area (Å²) in [5, 5.41) is 13.2. The van der Waals surface area contributed by atoms with Gasteiger partial charge >= 0.3 is 0 Å². The largest absolute Gasteiger partial charge is 0.369 e. The minimum atomic E-state index is -0.429. The summed E-state index contributed by atoms with van der Waals surface area (Å²) in [5.41, 5.74) is 0.550. The molecular formula is C13H13FN4O. The Labute approximate surface area is 109 Å². The van der Waals surface area contributed by atoms with Crippen LogP contribution in [0.2, 0.25) is 0 Å². The number of hydrogen-bond donors (Lipinski definition) is 2. The Morgan fingerprint density at radius 3 is 2.74 bits per heavy atom. The van der Waals surface area contributed by atoms with Gasteiger partial charge in [0.1, 0.15) is 11.6 Å². The number of rotatable bonds is 4. The van der Waals surface area contributed by atoms with E-state index in [0.29, 0.717) is 11.5 Å². The van der Waals surface area contributed by atoms with Crippen molar-refractivity contribution < 1.29 is 9.18 Å². The molecule has 6 heteroatoms. The molecule has 0 saturated heterocycles. The van der Waals surface area contributed by atoms with E-state index in [1.165, 1.54) is 18.2 Å². The number of carbonyl (C=O) groups is 1. The maximum atomic E-state index is 13.0. The number of nitrogens with one attached hydrogen (secondary N) is 2. The third-order valence-corrected chi connectivity index (χ3v) is 2.34. The first kappa shape index (κ1) is 12.9. The van der Waals surface area contributed by atoms with Crippen molar-refractivity contribution in [1.29, 1.82) is 0 Å². The van der Waals surface area contributed by atoms with Crippen LogP contribution in [0.1, 0.15) is 17.4 Å². The van der Waals surface area contributed by atoms with Crippen LogP contribution in [-0.2, 0) is 0 Å². The second-order valence-electron chi connectivity index (χ2n) is 3.80. The van der Waals surface area contributed by atoms with Crippen molar-refractivity contribution in [3.8, 4) is 0 Å². The number of nitrogens with zero attached hydrogens (tertiary/aromatic N) is 2. The van der Waals surface area contributed by atoms with Gasteiger partial charge in [-0.15, -0.1) is 10.2 Å². The van der Waals surface area contributed by atoms with Crippen LogP contribution in [0.15, 0.2) is 36.4 Å². The average molecular weight is 260 g/mol. The number of amides is 1. The van der Waals surface area contributed by atoms with Crippen LogP contribution in [-0.4, -0.2) is 22.6 Å². The van der Waals surface area contributed by atoms with Gasteiger partial charge < -0.3 is 10.6 Å². The third-order valence-electron chi connectivity index (χ3n) is 2.34. The molecule has 98 valence electrons. The van der Waals surface area contributed by atoms with Crippen LogP contribution in [0.5, 0.6) is 0 Å². The molecule has 0 spiro atoms. The van der Waals surface area contributed by atoms with E-state index in [1.807, 2.05) is 6.92 Å². The van der Waals surface area contributed by atoms with Gasteiger partial charge in [0.25, 0.3) is 5.91 Å². The molecule has 1 heterocycles. The molecule has 2 rings (SSSR count). The lowest BCUT2D eigenvalue weighted by molar-refractivity contribution is 0.102. The molecule has 0 saturated carbocycles. The van der Waals surface area contributed by atoms with Crippen LogP contribution in [0.25, 0.3) is 0 Å². The van der Waals surface area contributed by atoms with E-state index in [-0.39, 0.29) is 5.69 Å². The van der Waals surface area contributed by atoms with Crippen molar-refractivity contribution in [2.75, 3.05) is 17.2 Å². The zero-order valence-electron chi connectivity index (χ0n) is 10.4. The highest BCUT2D eigenvalue weighted by molar-refractivity contribution is 6.02. The van der Waals surface area contributed by atoms with Gasteiger partial charge in [-0.2, -0.15) is 0 Å². The highest BCUT2D eigenvalue weighted by atomic mass is 19.1. The molecular weight excluding hydrogens is 247 g/mol. The molecule has 0 aliphatic rings. The maximum Gasteiger partial charge on any atom is 0.276 e. The minimum absolute atomic E-state index is 0.172. The van der Waals surface area contributed by atoms with Crippen molar-refractivity contribution in [1.82, 2.24) is 10.2 Å². The Kier molecular flexibility index (Phi) is 4.02. The van der Waals surface area contributed by atoms with Crippen LogP contribution in [0.4, 0.5) is 15.9 Å². The van der Waals surface area contributed by atoms with E-state index in [0.717, 1.165) is 6.54 Å². The summed E-state index contributed by atoms with van der Waals surface area (Å²) in [7, 11) is 0. The van der Waals surface area contributed by atoms with E-state index in [4.69, 9.17) is 0 Å². The summed E-state index contributed by atoms with van der Waals surface area (Å²) < 4.78 is 13.0. The highest BCUT2D eigenvalue weighted by Gasteiger charge is 2.08. The summed E-state index contributed by atoms with van der Waals surface area (Å²) >= 11 is 0. The second-order valence-corrected chi connectivity index (χ2v) is 3.80. The lowest BCUT2D eigenvalue weighted by Gasteiger charge is -2.05. The van der Waals surface area contributed by atoms with Crippen molar-refractivity contribution in [2.45, 2.75) is 6.92 Å². The summed E-state index contributed by atoms with van der Waals surface area (Å²) in [5.74, 6) is -0.239. The molecule has 0 unspecified atom stereocenters. The van der Waals surface area contributed by atoms with E-state index in [2.05, 4.69) is 20.8 Å². The number of carbonyl (C=O) groups excluding carboxylic acids is 1. The monoisotopic (exact) mass is 260 g/mol. The number of anilines is 2. The molecule has 0 bridgehead atoms.